The van der Waals surface area contributed by atoms with Crippen molar-refractivity contribution in [2.45, 2.75) is 33.0 Å². The third-order valence-corrected chi connectivity index (χ3v) is 3.35. The Morgan fingerprint density at radius 3 is 2.32 bits per heavy atom. The van der Waals surface area contributed by atoms with Crippen LogP contribution in [0.2, 0.25) is 0 Å². The molecule has 0 saturated carbocycles. The highest BCUT2D eigenvalue weighted by Crippen LogP contribution is 2.27. The molecule has 4 heteroatoms. The minimum Gasteiger partial charge on any atom is -0.466 e. The van der Waals surface area contributed by atoms with E-state index in [1.165, 1.54) is 0 Å². The van der Waals surface area contributed by atoms with Gasteiger partial charge in [0.2, 0.25) is 0 Å². The highest BCUT2D eigenvalue weighted by molar-refractivity contribution is 5.72. The smallest absolute Gasteiger partial charge is 0.311 e. The molecule has 0 saturated heterocycles. The Hall–Kier alpha value is -1.39. The maximum atomic E-state index is 11.6. The third kappa shape index (κ3) is 4.04. The average molecular weight is 266 g/mol. The van der Waals surface area contributed by atoms with E-state index in [1.54, 1.807) is 32.9 Å². The van der Waals surface area contributed by atoms with E-state index in [0.29, 0.717) is 0 Å². The molecule has 19 heavy (non-hydrogen) atoms. The number of carbonyl (C=O) groups excluding carboxylic acids is 1. The summed E-state index contributed by atoms with van der Waals surface area (Å²) in [6.07, 6.45) is -1.76. The summed E-state index contributed by atoms with van der Waals surface area (Å²) in [7, 11) is 0. The topological polar surface area (TPSA) is 66.8 Å². The lowest BCUT2D eigenvalue weighted by atomic mass is 9.86. The first kappa shape index (κ1) is 15.7. The fraction of sp³-hybridized carbons (Fsp3) is 0.533. The number of aliphatic hydroxyl groups is 2. The molecule has 0 aromatic heterocycles. The molecule has 0 fully saturated rings. The highest BCUT2D eigenvalue weighted by Gasteiger charge is 2.32. The molecular weight excluding hydrogens is 244 g/mol. The van der Waals surface area contributed by atoms with Gasteiger partial charge in [-0.2, -0.15) is 0 Å². The standard InChI is InChI=1S/C15H22O4/c1-4-19-15(18)11(3)13(16)10(2)14(17)12-8-6-5-7-9-12/h5-11,13-14,16-17H,4H2,1-3H3/t10-,11+,13-,14+/m1/s1. The Morgan fingerprint density at radius 2 is 1.79 bits per heavy atom. The Kier molecular flexibility index (Phi) is 5.99. The molecule has 0 amide bonds. The number of benzene rings is 1. The van der Waals surface area contributed by atoms with Crippen molar-refractivity contribution >= 4 is 5.97 Å². The number of aliphatic hydroxyl groups excluding tert-OH is 2. The van der Waals surface area contributed by atoms with Gasteiger partial charge in [0.15, 0.2) is 0 Å². The van der Waals surface area contributed by atoms with Crippen molar-refractivity contribution in [1.29, 1.82) is 0 Å². The molecule has 1 aromatic carbocycles. The third-order valence-electron chi connectivity index (χ3n) is 3.35. The number of hydrogen-bond donors (Lipinski definition) is 2. The molecule has 1 rings (SSSR count). The van der Waals surface area contributed by atoms with Crippen molar-refractivity contribution < 1.29 is 19.7 Å². The molecule has 0 heterocycles. The number of hydrogen-bond acceptors (Lipinski definition) is 4. The van der Waals surface area contributed by atoms with Crippen molar-refractivity contribution in [2.24, 2.45) is 11.8 Å². The van der Waals surface area contributed by atoms with E-state index in [9.17, 15) is 15.0 Å². The molecule has 4 atom stereocenters. The molecule has 0 spiro atoms. The van der Waals surface area contributed by atoms with E-state index in [4.69, 9.17) is 4.74 Å². The zero-order chi connectivity index (χ0) is 14.4. The summed E-state index contributed by atoms with van der Waals surface area (Å²) in [5.41, 5.74) is 0.727. The van der Waals surface area contributed by atoms with Gasteiger partial charge in [0.1, 0.15) is 0 Å². The van der Waals surface area contributed by atoms with E-state index >= 15 is 0 Å². The molecule has 0 radical (unpaired) electrons. The van der Waals surface area contributed by atoms with Gasteiger partial charge in [0.05, 0.1) is 24.7 Å². The first-order chi connectivity index (χ1) is 8.99. The lowest BCUT2D eigenvalue weighted by molar-refractivity contribution is -0.153. The zero-order valence-corrected chi connectivity index (χ0v) is 11.6. The molecule has 0 aliphatic carbocycles. The second kappa shape index (κ2) is 7.26. The van der Waals surface area contributed by atoms with Gasteiger partial charge in [0.25, 0.3) is 0 Å². The van der Waals surface area contributed by atoms with Crippen LogP contribution in [0.1, 0.15) is 32.4 Å². The fourth-order valence-corrected chi connectivity index (χ4v) is 2.01. The van der Waals surface area contributed by atoms with Crippen LogP contribution in [0.5, 0.6) is 0 Å². The summed E-state index contributed by atoms with van der Waals surface area (Å²) >= 11 is 0. The number of ether oxygens (including phenoxy) is 1. The average Bonchev–Trinajstić information content (AvgIpc) is 2.45. The second-order valence-corrected chi connectivity index (χ2v) is 4.75. The Morgan fingerprint density at radius 1 is 1.21 bits per heavy atom. The van der Waals surface area contributed by atoms with Gasteiger partial charge < -0.3 is 14.9 Å². The van der Waals surface area contributed by atoms with Crippen LogP contribution < -0.4 is 0 Å². The van der Waals surface area contributed by atoms with Crippen LogP contribution in [0.3, 0.4) is 0 Å². The van der Waals surface area contributed by atoms with E-state index < -0.39 is 30.0 Å². The largest absolute Gasteiger partial charge is 0.466 e. The van der Waals surface area contributed by atoms with Crippen molar-refractivity contribution in [3.05, 3.63) is 35.9 Å². The van der Waals surface area contributed by atoms with E-state index in [-0.39, 0.29) is 6.61 Å². The first-order valence-electron chi connectivity index (χ1n) is 6.56. The fourth-order valence-electron chi connectivity index (χ4n) is 2.01. The van der Waals surface area contributed by atoms with Crippen LogP contribution in [0.15, 0.2) is 30.3 Å². The Balaban J connectivity index is 2.71. The minimum absolute atomic E-state index is 0.283. The number of rotatable bonds is 6. The van der Waals surface area contributed by atoms with Gasteiger partial charge in [-0.3, -0.25) is 4.79 Å². The lowest BCUT2D eigenvalue weighted by Gasteiger charge is -2.27. The van der Waals surface area contributed by atoms with Crippen LogP contribution in [0, 0.1) is 11.8 Å². The molecule has 0 aliphatic heterocycles. The summed E-state index contributed by atoms with van der Waals surface area (Å²) in [6, 6.07) is 9.10. The van der Waals surface area contributed by atoms with Crippen LogP contribution in [0.25, 0.3) is 0 Å². The molecule has 0 aliphatic rings. The monoisotopic (exact) mass is 266 g/mol. The quantitative estimate of drug-likeness (QED) is 0.772. The van der Waals surface area contributed by atoms with Crippen LogP contribution in [-0.2, 0) is 9.53 Å². The summed E-state index contributed by atoms with van der Waals surface area (Å²) in [4.78, 5) is 11.6. The summed E-state index contributed by atoms with van der Waals surface area (Å²) in [6.45, 7) is 5.33. The SMILES string of the molecule is CCOC(=O)[C@@H](C)[C@H](O)[C@@H](C)[C@H](O)c1ccccc1. The molecule has 4 nitrogen and oxygen atoms in total. The van der Waals surface area contributed by atoms with Gasteiger partial charge in [-0.25, -0.2) is 0 Å². The van der Waals surface area contributed by atoms with E-state index in [0.717, 1.165) is 5.56 Å². The van der Waals surface area contributed by atoms with Gasteiger partial charge >= 0.3 is 5.97 Å². The predicted octanol–water partition coefficient (Wildman–Crippen LogP) is 1.92. The number of esters is 1. The summed E-state index contributed by atoms with van der Waals surface area (Å²) in [5, 5.41) is 20.4. The van der Waals surface area contributed by atoms with Crippen LogP contribution in [-0.4, -0.2) is 28.9 Å². The number of carbonyl (C=O) groups is 1. The van der Waals surface area contributed by atoms with Crippen molar-refractivity contribution in [3.8, 4) is 0 Å². The van der Waals surface area contributed by atoms with Crippen LogP contribution in [0.4, 0.5) is 0 Å². The summed E-state index contributed by atoms with van der Waals surface area (Å²) < 4.78 is 4.88. The first-order valence-corrected chi connectivity index (χ1v) is 6.56. The molecular formula is C15H22O4. The van der Waals surface area contributed by atoms with Gasteiger partial charge in [-0.15, -0.1) is 0 Å². The molecule has 2 N–H and O–H groups in total. The Bertz CT molecular complexity index is 390. The maximum absolute atomic E-state index is 11.6. The van der Waals surface area contributed by atoms with Crippen molar-refractivity contribution in [3.63, 3.8) is 0 Å². The highest BCUT2D eigenvalue weighted by atomic mass is 16.5. The molecule has 0 unspecified atom stereocenters. The summed E-state index contributed by atoms with van der Waals surface area (Å²) in [5.74, 6) is -1.56. The van der Waals surface area contributed by atoms with Gasteiger partial charge in [-0.05, 0) is 19.4 Å². The van der Waals surface area contributed by atoms with E-state index in [2.05, 4.69) is 0 Å². The van der Waals surface area contributed by atoms with Crippen LogP contribution >= 0.6 is 0 Å². The molecule has 1 aromatic rings. The van der Waals surface area contributed by atoms with Crippen molar-refractivity contribution in [2.75, 3.05) is 6.61 Å². The second-order valence-electron chi connectivity index (χ2n) is 4.75. The van der Waals surface area contributed by atoms with Gasteiger partial charge in [0, 0.05) is 5.92 Å². The zero-order valence-electron chi connectivity index (χ0n) is 11.6. The van der Waals surface area contributed by atoms with Crippen molar-refractivity contribution in [1.82, 2.24) is 0 Å². The lowest BCUT2D eigenvalue weighted by Crippen LogP contribution is -2.35. The molecule has 106 valence electrons. The minimum atomic E-state index is -0.950. The maximum Gasteiger partial charge on any atom is 0.311 e. The predicted molar refractivity (Wildman–Crippen MR) is 72.4 cm³/mol. The Labute approximate surface area is 114 Å². The van der Waals surface area contributed by atoms with Gasteiger partial charge in [-0.1, -0.05) is 37.3 Å². The normalized spacial score (nSPS) is 17.3. The molecule has 0 bridgehead atoms. The van der Waals surface area contributed by atoms with E-state index in [1.807, 2.05) is 18.2 Å².